The van der Waals surface area contributed by atoms with Gasteiger partial charge in [0.15, 0.2) is 0 Å². The van der Waals surface area contributed by atoms with Crippen molar-refractivity contribution < 1.29 is 38.8 Å². The number of para-hydroxylation sites is 4. The third-order valence-electron chi connectivity index (χ3n) is 13.0. The van der Waals surface area contributed by atoms with Gasteiger partial charge in [-0.1, -0.05) is 138 Å². The first kappa shape index (κ1) is 38.4. The zero-order chi connectivity index (χ0) is 52.3. The molecule has 0 amide bonds. The van der Waals surface area contributed by atoms with Crippen molar-refractivity contribution in [1.29, 1.82) is 0 Å². The van der Waals surface area contributed by atoms with Gasteiger partial charge < -0.3 is 23.8 Å². The fraction of sp³-hybridized carbons (Fsp3) is 0.143. The molecule has 3 aliphatic rings. The maximum Gasteiger partial charge on any atom is 0.135 e. The number of benzene rings is 8. The van der Waals surface area contributed by atoms with E-state index in [1.807, 2.05) is 106 Å². The van der Waals surface area contributed by atoms with Gasteiger partial charge in [0.1, 0.15) is 17.3 Å². The van der Waals surface area contributed by atoms with E-state index >= 15 is 0 Å². The normalized spacial score (nSPS) is 14.5. The van der Waals surface area contributed by atoms with Crippen molar-refractivity contribution in [3.8, 4) is 62.2 Å². The maximum atomic E-state index is 9.65. The molecule has 0 unspecified atom stereocenters. The van der Waals surface area contributed by atoms with Crippen molar-refractivity contribution in [3.05, 3.63) is 211 Å². The minimum absolute atomic E-state index is 0. The third kappa shape index (κ3) is 7.76. The first-order chi connectivity index (χ1) is 35.8. The molecule has 7 heteroatoms. The van der Waals surface area contributed by atoms with Crippen LogP contribution in [0.5, 0.6) is 23.0 Å². The Kier molecular flexibility index (Phi) is 9.46. The summed E-state index contributed by atoms with van der Waals surface area (Å²) in [6.07, 6.45) is 1.54. The summed E-state index contributed by atoms with van der Waals surface area (Å²) < 4.78 is 71.1. The molecule has 0 spiro atoms. The van der Waals surface area contributed by atoms with Crippen LogP contribution in [0, 0.1) is 25.7 Å². The molecular formula is C63H51N4O2Pt-3. The summed E-state index contributed by atoms with van der Waals surface area (Å²) in [7, 11) is 0. The minimum Gasteiger partial charge on any atom is -0.509 e. The van der Waals surface area contributed by atoms with Crippen LogP contribution in [-0.2, 0) is 31.9 Å². The van der Waals surface area contributed by atoms with E-state index in [4.69, 9.17) is 18.6 Å². The van der Waals surface area contributed by atoms with Crippen molar-refractivity contribution in [2.75, 3.05) is 9.80 Å². The number of ether oxygens (including phenoxy) is 2. The van der Waals surface area contributed by atoms with Crippen LogP contribution in [0.25, 0.3) is 61.0 Å². The number of hydrogen-bond donors (Lipinski definition) is 0. The minimum atomic E-state index is -2.67. The molecule has 5 heterocycles. The maximum absolute atomic E-state index is 9.65. The van der Waals surface area contributed by atoms with Gasteiger partial charge in [0.25, 0.3) is 0 Å². The fourth-order valence-corrected chi connectivity index (χ4v) is 9.44. The predicted molar refractivity (Wildman–Crippen MR) is 283 cm³/mol. The monoisotopic (exact) mass is 1100 g/mol. The van der Waals surface area contributed by atoms with Gasteiger partial charge in [-0.2, -0.15) is 12.1 Å². The van der Waals surface area contributed by atoms with Crippen molar-refractivity contribution in [2.24, 2.45) is 0 Å². The molecule has 13 rings (SSSR count). The fourth-order valence-electron chi connectivity index (χ4n) is 9.44. The van der Waals surface area contributed by atoms with Crippen LogP contribution in [-0.4, -0.2) is 9.55 Å². The third-order valence-corrected chi connectivity index (χ3v) is 13.0. The summed E-state index contributed by atoms with van der Waals surface area (Å²) in [5, 5.41) is 0.996. The summed E-state index contributed by atoms with van der Waals surface area (Å²) in [6.45, 7) is 11.9. The zero-order valence-electron chi connectivity index (χ0n) is 45.5. The molecule has 3 aliphatic heterocycles. The van der Waals surface area contributed by atoms with Crippen LogP contribution in [0.4, 0.5) is 22.7 Å². The van der Waals surface area contributed by atoms with Gasteiger partial charge in [-0.3, -0.25) is 0 Å². The standard InChI is InChI=1S/C63H51N4O2.Pt/c1-40-32-60-64-38-53(40)49-23-12-16-27-59(49)69-58-26-15-11-22-48(58)52-35-43(63(5,6)7)34-50(41-18-9-8-10-19-41)61(52)66-39-65(55-24-13-14-25-56(55)66)44-20-17-21-45(36-44)68-46-29-30-47-51-33-42(62(2,3)4)28-31-54(51)67(60)57(47)37-46;/h8-35,38-39H,1-7H3;/q-3;/i1D3,28D,31D,33D;. The Morgan fingerprint density at radius 2 is 1.24 bits per heavy atom. The molecule has 70 heavy (non-hydrogen) atoms. The van der Waals surface area contributed by atoms with Crippen LogP contribution in [0.15, 0.2) is 176 Å². The van der Waals surface area contributed by atoms with E-state index < -0.39 is 12.3 Å². The number of pyridine rings is 1. The van der Waals surface area contributed by atoms with Crippen LogP contribution >= 0.6 is 0 Å². The predicted octanol–water partition coefficient (Wildman–Crippen LogP) is 17.0. The average Bonchev–Trinajstić information content (AvgIpc) is 4.01. The molecule has 0 N–H and O–H groups in total. The number of nitrogens with zero attached hydrogens (tertiary/aromatic N) is 4. The molecule has 0 radical (unpaired) electrons. The van der Waals surface area contributed by atoms with Gasteiger partial charge in [0.05, 0.1) is 4.11 Å². The summed E-state index contributed by atoms with van der Waals surface area (Å²) in [5.41, 5.74) is 9.35. The van der Waals surface area contributed by atoms with Crippen molar-refractivity contribution in [1.82, 2.24) is 9.55 Å². The van der Waals surface area contributed by atoms with E-state index in [1.165, 1.54) is 12.3 Å². The quantitative estimate of drug-likeness (QED) is 0.153. The number of aromatic nitrogens is 2. The molecule has 0 saturated heterocycles. The summed E-state index contributed by atoms with van der Waals surface area (Å²) >= 11 is 0. The second-order valence-corrected chi connectivity index (χ2v) is 19.7. The topological polar surface area (TPSA) is 42.8 Å². The van der Waals surface area contributed by atoms with E-state index in [0.29, 0.717) is 61.7 Å². The number of aryl methyl sites for hydroxylation is 1. The van der Waals surface area contributed by atoms with Gasteiger partial charge in [0, 0.05) is 93.3 Å². The van der Waals surface area contributed by atoms with E-state index in [0.717, 1.165) is 44.9 Å². The van der Waals surface area contributed by atoms with Gasteiger partial charge in [-0.05, 0) is 93.8 Å². The molecule has 6 nitrogen and oxygen atoms in total. The SMILES string of the molecule is [2H]c1c(C(C)(C)C)c([2H])c2c3ccc4[c-]c3n(c2c1[2H])-c1cc(C([2H])([2H])[2H])c(cn1)-c1ccccc1Oc1ccccc1-c1cc(C(C)(C)C)cc(-c2ccccc2)c1N1[CH-]N(c2[c-]c(ccc2)O4)c2ccccc21.[Pt]. The molecular weight excluding hydrogens is 1040 g/mol. The second kappa shape index (κ2) is 17.2. The van der Waals surface area contributed by atoms with E-state index in [2.05, 4.69) is 104 Å². The average molecular weight is 1100 g/mol. The van der Waals surface area contributed by atoms with E-state index in [-0.39, 0.29) is 61.5 Å². The largest absolute Gasteiger partial charge is 0.509 e. The Hall–Kier alpha value is -7.40. The molecule has 0 saturated carbocycles. The van der Waals surface area contributed by atoms with E-state index in [1.54, 1.807) is 10.6 Å². The molecule has 0 atom stereocenters. The Morgan fingerprint density at radius 3 is 1.97 bits per heavy atom. The number of hydrogen-bond acceptors (Lipinski definition) is 5. The van der Waals surface area contributed by atoms with Gasteiger partial charge in [0.2, 0.25) is 0 Å². The number of anilines is 4. The summed E-state index contributed by atoms with van der Waals surface area (Å²) in [5.74, 6) is 1.84. The molecule has 10 aromatic rings. The Balaban J connectivity index is 0.00000616. The van der Waals surface area contributed by atoms with Crippen LogP contribution in [0.2, 0.25) is 0 Å². The van der Waals surface area contributed by atoms with Crippen molar-refractivity contribution in [3.63, 3.8) is 0 Å². The van der Waals surface area contributed by atoms with E-state index in [9.17, 15) is 4.11 Å². The van der Waals surface area contributed by atoms with Gasteiger partial charge in [-0.25, -0.2) is 4.98 Å². The van der Waals surface area contributed by atoms with Crippen molar-refractivity contribution in [2.45, 2.75) is 59.2 Å². The molecule has 2 aromatic heterocycles. The van der Waals surface area contributed by atoms with Crippen LogP contribution in [0.1, 0.15) is 66.5 Å². The zero-order valence-corrected chi connectivity index (χ0v) is 41.8. The Morgan fingerprint density at radius 1 is 0.586 bits per heavy atom. The molecule has 0 fully saturated rings. The first-order valence-corrected chi connectivity index (χ1v) is 23.2. The molecule has 8 aromatic carbocycles. The van der Waals surface area contributed by atoms with Crippen molar-refractivity contribution >= 4 is 44.6 Å². The summed E-state index contributed by atoms with van der Waals surface area (Å²) in [6, 6.07) is 56.3. The van der Waals surface area contributed by atoms with Gasteiger partial charge in [-0.15, -0.1) is 48.1 Å². The summed E-state index contributed by atoms with van der Waals surface area (Å²) in [4.78, 5) is 9.35. The van der Waals surface area contributed by atoms with Gasteiger partial charge >= 0.3 is 0 Å². The Bertz CT molecular complexity index is 3950. The van der Waals surface area contributed by atoms with Crippen LogP contribution in [0.3, 0.4) is 0 Å². The first-order valence-electron chi connectivity index (χ1n) is 26.2. The molecule has 348 valence electrons. The number of rotatable bonds is 1. The number of fused-ring (bicyclic) bond motifs is 5. The second-order valence-electron chi connectivity index (χ2n) is 19.7. The molecule has 8 bridgehead atoms. The van der Waals surface area contributed by atoms with Crippen LogP contribution < -0.4 is 19.3 Å². The Labute approximate surface area is 433 Å². The molecule has 0 aliphatic carbocycles. The smallest absolute Gasteiger partial charge is 0.135 e.